The van der Waals surface area contributed by atoms with Crippen LogP contribution in [0.5, 0.6) is 5.75 Å². The number of benzene rings is 1. The monoisotopic (exact) mass is 513 g/mol. The van der Waals surface area contributed by atoms with Crippen molar-refractivity contribution in [1.29, 1.82) is 0 Å². The van der Waals surface area contributed by atoms with Gasteiger partial charge >= 0.3 is 6.36 Å². The predicted octanol–water partition coefficient (Wildman–Crippen LogP) is 4.15. The second-order valence-electron chi connectivity index (χ2n) is 6.16. The number of anilines is 1. The Bertz CT molecular complexity index is 1320. The number of ether oxygens (including phenoxy) is 1. The van der Waals surface area contributed by atoms with Gasteiger partial charge in [0.2, 0.25) is 5.91 Å². The lowest BCUT2D eigenvalue weighted by Gasteiger charge is -2.14. The van der Waals surface area contributed by atoms with Crippen molar-refractivity contribution in [3.8, 4) is 17.1 Å². The van der Waals surface area contributed by atoms with Gasteiger partial charge in [0, 0.05) is 21.3 Å². The van der Waals surface area contributed by atoms with Gasteiger partial charge in [-0.25, -0.2) is 4.98 Å². The average Bonchev–Trinajstić information content (AvgIpc) is 3.33. The summed E-state index contributed by atoms with van der Waals surface area (Å²) in [6.07, 6.45) is -3.57. The summed E-state index contributed by atoms with van der Waals surface area (Å²) in [6, 6.07) is 6.20. The number of carbonyl (C=O) groups excluding carboxylic acids is 1. The van der Waals surface area contributed by atoms with Gasteiger partial charge in [0.05, 0.1) is 11.1 Å². The van der Waals surface area contributed by atoms with Crippen LogP contribution in [0.2, 0.25) is 0 Å². The van der Waals surface area contributed by atoms with Crippen molar-refractivity contribution in [1.82, 2.24) is 19.7 Å². The van der Waals surface area contributed by atoms with E-state index in [1.54, 1.807) is 5.38 Å². The molecular formula is C18H11BrF3N5O3S. The third kappa shape index (κ3) is 4.46. The summed E-state index contributed by atoms with van der Waals surface area (Å²) in [5.41, 5.74) is 0.170. The smallest absolute Gasteiger partial charge is 0.405 e. The first-order chi connectivity index (χ1) is 14.7. The second kappa shape index (κ2) is 8.15. The van der Waals surface area contributed by atoms with E-state index in [9.17, 15) is 22.8 Å². The fourth-order valence-electron chi connectivity index (χ4n) is 2.96. The molecule has 3 heterocycles. The molecule has 8 nitrogen and oxygen atoms in total. The van der Waals surface area contributed by atoms with Gasteiger partial charge in [-0.15, -0.1) is 24.5 Å². The van der Waals surface area contributed by atoms with Gasteiger partial charge in [0.1, 0.15) is 23.6 Å². The van der Waals surface area contributed by atoms with Crippen molar-refractivity contribution in [3.05, 3.63) is 56.9 Å². The molecule has 0 saturated heterocycles. The van der Waals surface area contributed by atoms with Gasteiger partial charge < -0.3 is 10.1 Å². The molecule has 13 heteroatoms. The Balaban J connectivity index is 1.65. The standard InChI is InChI=1S/C18H11BrF3N5O3S/c19-10-7-31-17(15(10)16-23-8-24-26-16)25-13(28)6-27-11-2-1-3-12(30-18(20,21)22)9(11)4-5-14(27)29/h1-5,7-8H,6H2,(H,25,28)(H,23,24,26). The van der Waals surface area contributed by atoms with Crippen LogP contribution in [0.4, 0.5) is 18.2 Å². The first-order valence-electron chi connectivity index (χ1n) is 8.54. The zero-order chi connectivity index (χ0) is 22.2. The number of thiophene rings is 1. The Hall–Kier alpha value is -3.19. The molecule has 1 amide bonds. The summed E-state index contributed by atoms with van der Waals surface area (Å²) in [6.45, 7) is -0.420. The van der Waals surface area contributed by atoms with Crippen molar-refractivity contribution in [2.75, 3.05) is 5.32 Å². The van der Waals surface area contributed by atoms with Crippen LogP contribution in [-0.4, -0.2) is 32.0 Å². The maximum Gasteiger partial charge on any atom is 0.573 e. The van der Waals surface area contributed by atoms with E-state index in [0.717, 1.165) is 16.7 Å². The lowest BCUT2D eigenvalue weighted by atomic mass is 10.2. The lowest BCUT2D eigenvalue weighted by molar-refractivity contribution is -0.274. The van der Waals surface area contributed by atoms with Crippen LogP contribution in [-0.2, 0) is 11.3 Å². The Kier molecular flexibility index (Phi) is 5.54. The molecule has 0 atom stereocenters. The number of fused-ring (bicyclic) bond motifs is 1. The highest BCUT2D eigenvalue weighted by molar-refractivity contribution is 9.10. The number of hydrogen-bond donors (Lipinski definition) is 2. The number of aromatic nitrogens is 4. The molecule has 1 aromatic carbocycles. The molecule has 0 bridgehead atoms. The molecule has 0 aliphatic heterocycles. The van der Waals surface area contributed by atoms with Crippen LogP contribution in [0.25, 0.3) is 22.3 Å². The van der Waals surface area contributed by atoms with E-state index in [-0.39, 0.29) is 10.9 Å². The third-order valence-electron chi connectivity index (χ3n) is 4.17. The first kappa shape index (κ1) is 21.1. The van der Waals surface area contributed by atoms with Crippen LogP contribution >= 0.6 is 27.3 Å². The second-order valence-corrected chi connectivity index (χ2v) is 7.90. The summed E-state index contributed by atoms with van der Waals surface area (Å²) >= 11 is 4.61. The molecule has 4 aromatic rings. The number of H-pyrrole nitrogens is 1. The van der Waals surface area contributed by atoms with E-state index >= 15 is 0 Å². The van der Waals surface area contributed by atoms with E-state index in [2.05, 4.69) is 41.2 Å². The normalized spacial score (nSPS) is 11.6. The summed E-state index contributed by atoms with van der Waals surface area (Å²) in [4.78, 5) is 29.1. The Morgan fingerprint density at radius 2 is 2.10 bits per heavy atom. The molecule has 0 aliphatic carbocycles. The van der Waals surface area contributed by atoms with E-state index in [0.29, 0.717) is 20.9 Å². The minimum Gasteiger partial charge on any atom is -0.405 e. The van der Waals surface area contributed by atoms with Crippen LogP contribution in [0, 0.1) is 0 Å². The number of hydrogen-bond acceptors (Lipinski definition) is 6. The van der Waals surface area contributed by atoms with Crippen molar-refractivity contribution in [2.24, 2.45) is 0 Å². The fourth-order valence-corrected chi connectivity index (χ4v) is 4.59. The zero-order valence-corrected chi connectivity index (χ0v) is 17.6. The van der Waals surface area contributed by atoms with Crippen molar-refractivity contribution in [2.45, 2.75) is 12.9 Å². The number of nitrogens with one attached hydrogen (secondary N) is 2. The quantitative estimate of drug-likeness (QED) is 0.417. The van der Waals surface area contributed by atoms with E-state index in [1.807, 2.05) is 0 Å². The van der Waals surface area contributed by atoms with Crippen LogP contribution in [0.1, 0.15) is 0 Å². The molecule has 4 rings (SSSR count). The Labute approximate surface area is 183 Å². The number of carbonyl (C=O) groups is 1. The lowest BCUT2D eigenvalue weighted by Crippen LogP contribution is -2.27. The highest BCUT2D eigenvalue weighted by atomic mass is 79.9. The van der Waals surface area contributed by atoms with Gasteiger partial charge in [-0.1, -0.05) is 6.07 Å². The van der Waals surface area contributed by atoms with Gasteiger partial charge in [0.25, 0.3) is 5.56 Å². The maximum atomic E-state index is 12.7. The van der Waals surface area contributed by atoms with Crippen molar-refractivity contribution < 1.29 is 22.7 Å². The minimum absolute atomic E-state index is 0.0495. The molecule has 31 heavy (non-hydrogen) atoms. The summed E-state index contributed by atoms with van der Waals surface area (Å²) in [7, 11) is 0. The predicted molar refractivity (Wildman–Crippen MR) is 111 cm³/mol. The average molecular weight is 514 g/mol. The summed E-state index contributed by atoms with van der Waals surface area (Å²) in [5, 5.41) is 11.5. The van der Waals surface area contributed by atoms with Crippen molar-refractivity contribution in [3.63, 3.8) is 0 Å². The highest BCUT2D eigenvalue weighted by Crippen LogP contribution is 2.38. The molecule has 0 spiro atoms. The molecule has 3 aromatic heterocycles. The number of alkyl halides is 3. The Morgan fingerprint density at radius 3 is 2.81 bits per heavy atom. The topological polar surface area (TPSA) is 102 Å². The molecular weight excluding hydrogens is 503 g/mol. The van der Waals surface area contributed by atoms with Crippen LogP contribution < -0.4 is 15.6 Å². The molecule has 0 aliphatic rings. The van der Waals surface area contributed by atoms with E-state index in [4.69, 9.17) is 0 Å². The highest BCUT2D eigenvalue weighted by Gasteiger charge is 2.32. The van der Waals surface area contributed by atoms with Gasteiger partial charge in [0.15, 0.2) is 5.82 Å². The molecule has 0 fully saturated rings. The van der Waals surface area contributed by atoms with Gasteiger partial charge in [-0.05, 0) is 34.1 Å². The summed E-state index contributed by atoms with van der Waals surface area (Å²) in [5.74, 6) is -0.583. The van der Waals surface area contributed by atoms with Gasteiger partial charge in [-0.2, -0.15) is 5.10 Å². The van der Waals surface area contributed by atoms with E-state index < -0.39 is 30.1 Å². The number of aromatic amines is 1. The number of halogens is 4. The zero-order valence-electron chi connectivity index (χ0n) is 15.2. The molecule has 0 radical (unpaired) electrons. The van der Waals surface area contributed by atoms with Crippen LogP contribution in [0.15, 0.2) is 51.3 Å². The maximum absolute atomic E-state index is 12.7. The van der Waals surface area contributed by atoms with Crippen LogP contribution in [0.3, 0.4) is 0 Å². The summed E-state index contributed by atoms with van der Waals surface area (Å²) < 4.78 is 43.9. The minimum atomic E-state index is -4.89. The number of amides is 1. The number of pyridine rings is 1. The third-order valence-corrected chi connectivity index (χ3v) is 5.99. The molecule has 160 valence electrons. The molecule has 0 saturated carbocycles. The molecule has 0 unspecified atom stereocenters. The van der Waals surface area contributed by atoms with Gasteiger partial charge in [-0.3, -0.25) is 19.3 Å². The molecule has 2 N–H and O–H groups in total. The van der Waals surface area contributed by atoms with Crippen molar-refractivity contribution >= 4 is 49.1 Å². The number of nitrogens with zero attached hydrogens (tertiary/aromatic N) is 3. The largest absolute Gasteiger partial charge is 0.573 e. The first-order valence-corrected chi connectivity index (χ1v) is 10.2. The fraction of sp³-hybridized carbons (Fsp3) is 0.111. The van der Waals surface area contributed by atoms with E-state index in [1.165, 1.54) is 35.9 Å². The number of rotatable bonds is 5. The SMILES string of the molecule is O=C(Cn1c(=O)ccc2c(OC(F)(F)F)cccc21)Nc1scc(Br)c1-c1ncn[nH]1. The Morgan fingerprint density at radius 1 is 1.29 bits per heavy atom.